The Labute approximate surface area is 95.6 Å². The summed E-state index contributed by atoms with van der Waals surface area (Å²) in [5, 5.41) is 5.12. The average molecular weight is 265 g/mol. The number of rotatable bonds is 2. The molecule has 0 aliphatic rings. The van der Waals surface area contributed by atoms with E-state index < -0.39 is 0 Å². The molecule has 1 heterocycles. The second-order valence-corrected chi connectivity index (χ2v) is 3.64. The first kappa shape index (κ1) is 10.1. The first-order valence-electron chi connectivity index (χ1n) is 4.50. The highest BCUT2D eigenvalue weighted by Crippen LogP contribution is 2.21. The number of fused-ring (bicyclic) bond motifs is 1. The maximum atomic E-state index is 11.2. The fourth-order valence-electron chi connectivity index (χ4n) is 1.41. The van der Waals surface area contributed by atoms with Gasteiger partial charge in [0.15, 0.2) is 0 Å². The zero-order valence-electron chi connectivity index (χ0n) is 7.90. The molecule has 0 saturated heterocycles. The maximum absolute atomic E-state index is 11.2. The van der Waals surface area contributed by atoms with Gasteiger partial charge in [0.1, 0.15) is 0 Å². The molecule has 0 bridgehead atoms. The Bertz CT molecular complexity index is 493. The summed E-state index contributed by atoms with van der Waals surface area (Å²) >= 11 is 3.11. The van der Waals surface area contributed by atoms with Crippen molar-refractivity contribution in [1.29, 1.82) is 0 Å². The van der Waals surface area contributed by atoms with Crippen molar-refractivity contribution in [3.63, 3.8) is 0 Å². The van der Waals surface area contributed by atoms with Crippen LogP contribution in [0.2, 0.25) is 0 Å². The van der Waals surface area contributed by atoms with Crippen molar-refractivity contribution < 1.29 is 4.79 Å². The Morgan fingerprint density at radius 2 is 2.27 bits per heavy atom. The van der Waals surface area contributed by atoms with Gasteiger partial charge in [-0.2, -0.15) is 0 Å². The molecule has 0 saturated carbocycles. The van der Waals surface area contributed by atoms with E-state index in [4.69, 9.17) is 0 Å². The van der Waals surface area contributed by atoms with Gasteiger partial charge in [0, 0.05) is 17.8 Å². The van der Waals surface area contributed by atoms with Crippen molar-refractivity contribution in [2.45, 2.75) is 0 Å². The van der Waals surface area contributed by atoms with Crippen LogP contribution in [0, 0.1) is 0 Å². The van der Waals surface area contributed by atoms with Gasteiger partial charge in [-0.15, -0.1) is 0 Å². The summed E-state index contributed by atoms with van der Waals surface area (Å²) < 4.78 is 0. The minimum absolute atomic E-state index is 0.0636. The molecule has 3 nitrogen and oxygen atoms in total. The molecule has 0 atom stereocenters. The number of hydrogen-bond donors (Lipinski definition) is 1. The zero-order chi connectivity index (χ0) is 10.7. The molecule has 2 rings (SSSR count). The van der Waals surface area contributed by atoms with Gasteiger partial charge in [0.05, 0.1) is 11.0 Å². The SMILES string of the molecule is O=C(CBr)Nc1cccc2ccncc12. The van der Waals surface area contributed by atoms with Crippen LogP contribution in [0.3, 0.4) is 0 Å². The number of pyridine rings is 1. The van der Waals surface area contributed by atoms with Crippen LogP contribution in [0.5, 0.6) is 0 Å². The van der Waals surface area contributed by atoms with Crippen LogP contribution in [0.25, 0.3) is 10.8 Å². The Kier molecular flexibility index (Phi) is 2.97. The monoisotopic (exact) mass is 264 g/mol. The molecule has 4 heteroatoms. The fourth-order valence-corrected chi connectivity index (χ4v) is 1.55. The topological polar surface area (TPSA) is 42.0 Å². The molecule has 0 fully saturated rings. The van der Waals surface area contributed by atoms with Crippen LogP contribution in [0.15, 0.2) is 36.7 Å². The van der Waals surface area contributed by atoms with Crippen LogP contribution in [-0.4, -0.2) is 16.2 Å². The minimum atomic E-state index is -0.0636. The number of anilines is 1. The van der Waals surface area contributed by atoms with Gasteiger partial charge in [-0.05, 0) is 17.5 Å². The highest BCUT2D eigenvalue weighted by atomic mass is 79.9. The van der Waals surface area contributed by atoms with Crippen LogP contribution in [0.1, 0.15) is 0 Å². The van der Waals surface area contributed by atoms with E-state index >= 15 is 0 Å². The number of nitrogens with zero attached hydrogens (tertiary/aromatic N) is 1. The summed E-state index contributed by atoms with van der Waals surface area (Å²) in [7, 11) is 0. The largest absolute Gasteiger partial charge is 0.325 e. The summed E-state index contributed by atoms with van der Waals surface area (Å²) in [5.74, 6) is -0.0636. The highest BCUT2D eigenvalue weighted by Gasteiger charge is 2.03. The van der Waals surface area contributed by atoms with E-state index in [9.17, 15) is 4.79 Å². The van der Waals surface area contributed by atoms with Crippen LogP contribution in [0.4, 0.5) is 5.69 Å². The summed E-state index contributed by atoms with van der Waals surface area (Å²) in [6, 6.07) is 7.68. The van der Waals surface area contributed by atoms with E-state index in [0.29, 0.717) is 5.33 Å². The van der Waals surface area contributed by atoms with E-state index in [0.717, 1.165) is 16.5 Å². The van der Waals surface area contributed by atoms with Gasteiger partial charge in [0.25, 0.3) is 0 Å². The lowest BCUT2D eigenvalue weighted by Crippen LogP contribution is -2.12. The molecule has 1 aromatic carbocycles. The number of carbonyl (C=O) groups excluding carboxylic acids is 1. The Morgan fingerprint density at radius 1 is 1.40 bits per heavy atom. The van der Waals surface area contributed by atoms with Gasteiger partial charge in [0.2, 0.25) is 5.91 Å². The minimum Gasteiger partial charge on any atom is -0.325 e. The Balaban J connectivity index is 2.46. The molecule has 1 amide bonds. The van der Waals surface area contributed by atoms with Crippen molar-refractivity contribution in [3.05, 3.63) is 36.7 Å². The summed E-state index contributed by atoms with van der Waals surface area (Å²) in [6.45, 7) is 0. The number of nitrogens with one attached hydrogen (secondary N) is 1. The smallest absolute Gasteiger partial charge is 0.235 e. The number of benzene rings is 1. The number of aromatic nitrogens is 1. The van der Waals surface area contributed by atoms with Crippen molar-refractivity contribution in [2.24, 2.45) is 0 Å². The number of carbonyl (C=O) groups is 1. The van der Waals surface area contributed by atoms with E-state index in [1.165, 1.54) is 0 Å². The summed E-state index contributed by atoms with van der Waals surface area (Å²) in [5.41, 5.74) is 0.796. The van der Waals surface area contributed by atoms with Gasteiger partial charge in [-0.25, -0.2) is 0 Å². The fraction of sp³-hybridized carbons (Fsp3) is 0.0909. The second-order valence-electron chi connectivity index (χ2n) is 3.08. The lowest BCUT2D eigenvalue weighted by Gasteiger charge is -2.06. The average Bonchev–Trinajstić information content (AvgIpc) is 2.29. The standard InChI is InChI=1S/C11H9BrN2O/c12-6-11(15)14-10-3-1-2-8-4-5-13-7-9(8)10/h1-5,7H,6H2,(H,14,15). The van der Waals surface area contributed by atoms with E-state index in [1.807, 2.05) is 24.3 Å². The van der Waals surface area contributed by atoms with Crippen molar-refractivity contribution in [1.82, 2.24) is 4.98 Å². The highest BCUT2D eigenvalue weighted by molar-refractivity contribution is 9.09. The molecule has 0 aliphatic heterocycles. The molecule has 1 aromatic heterocycles. The van der Waals surface area contributed by atoms with Gasteiger partial charge in [-0.1, -0.05) is 28.1 Å². The molecule has 15 heavy (non-hydrogen) atoms. The third kappa shape index (κ3) is 2.15. The zero-order valence-corrected chi connectivity index (χ0v) is 9.49. The molecular formula is C11H9BrN2O. The number of halogens is 1. The lowest BCUT2D eigenvalue weighted by atomic mass is 10.1. The maximum Gasteiger partial charge on any atom is 0.235 e. The van der Waals surface area contributed by atoms with Gasteiger partial charge in [-0.3, -0.25) is 9.78 Å². The quantitative estimate of drug-likeness (QED) is 0.848. The molecular weight excluding hydrogens is 256 g/mol. The second kappa shape index (κ2) is 4.40. The molecule has 1 N–H and O–H groups in total. The Morgan fingerprint density at radius 3 is 3.07 bits per heavy atom. The molecule has 76 valence electrons. The molecule has 0 unspecified atom stereocenters. The predicted molar refractivity (Wildman–Crippen MR) is 64.2 cm³/mol. The van der Waals surface area contributed by atoms with Crippen LogP contribution >= 0.6 is 15.9 Å². The van der Waals surface area contributed by atoms with E-state index in [1.54, 1.807) is 12.4 Å². The number of hydrogen-bond acceptors (Lipinski definition) is 2. The van der Waals surface area contributed by atoms with Crippen LogP contribution in [-0.2, 0) is 4.79 Å². The first-order chi connectivity index (χ1) is 7.31. The third-order valence-electron chi connectivity index (χ3n) is 2.08. The molecule has 0 spiro atoms. The van der Waals surface area contributed by atoms with E-state index in [2.05, 4.69) is 26.2 Å². The predicted octanol–water partition coefficient (Wildman–Crippen LogP) is 2.57. The normalized spacial score (nSPS) is 10.2. The van der Waals surface area contributed by atoms with Gasteiger partial charge >= 0.3 is 0 Å². The molecule has 0 aliphatic carbocycles. The molecule has 0 radical (unpaired) electrons. The van der Waals surface area contributed by atoms with Crippen LogP contribution < -0.4 is 5.32 Å². The van der Waals surface area contributed by atoms with Crippen molar-refractivity contribution in [2.75, 3.05) is 10.6 Å². The van der Waals surface area contributed by atoms with E-state index in [-0.39, 0.29) is 5.91 Å². The Hall–Kier alpha value is -1.42. The lowest BCUT2D eigenvalue weighted by molar-refractivity contribution is -0.113. The summed E-state index contributed by atoms with van der Waals surface area (Å²) in [6.07, 6.45) is 3.48. The first-order valence-corrected chi connectivity index (χ1v) is 5.62. The van der Waals surface area contributed by atoms with Crippen molar-refractivity contribution >= 4 is 38.3 Å². The number of alkyl halides is 1. The van der Waals surface area contributed by atoms with Crippen molar-refractivity contribution in [3.8, 4) is 0 Å². The van der Waals surface area contributed by atoms with Gasteiger partial charge < -0.3 is 5.32 Å². The molecule has 2 aromatic rings. The third-order valence-corrected chi connectivity index (χ3v) is 2.59. The summed E-state index contributed by atoms with van der Waals surface area (Å²) in [4.78, 5) is 15.3. The number of amides is 1.